The number of hydrogen-bond acceptors (Lipinski definition) is 5. The summed E-state index contributed by atoms with van der Waals surface area (Å²) in [4.78, 5) is 18.9. The number of carbonyl (C=O) groups excluding carboxylic acids is 1. The average molecular weight is 419 g/mol. The van der Waals surface area contributed by atoms with E-state index >= 15 is 0 Å². The summed E-state index contributed by atoms with van der Waals surface area (Å²) in [6.45, 7) is 3.10. The Morgan fingerprint density at radius 3 is 2.59 bits per heavy atom. The smallest absolute Gasteiger partial charge is 0.242 e. The van der Waals surface area contributed by atoms with Crippen LogP contribution >= 0.6 is 0 Å². The Morgan fingerprint density at radius 1 is 1.21 bits per heavy atom. The monoisotopic (exact) mass is 418 g/mol. The fourth-order valence-electron chi connectivity index (χ4n) is 3.21. The second-order valence-corrected chi connectivity index (χ2v) is 9.19. The van der Waals surface area contributed by atoms with E-state index in [0.29, 0.717) is 31.4 Å². The molecule has 0 saturated carbocycles. The summed E-state index contributed by atoms with van der Waals surface area (Å²) in [5.74, 6) is 1.49. The molecule has 0 radical (unpaired) electrons. The molecule has 0 fully saturated rings. The molecule has 0 aliphatic carbocycles. The maximum atomic E-state index is 12.5. The number of carbonyl (C=O) groups is 1. The second kappa shape index (κ2) is 8.38. The van der Waals surface area contributed by atoms with Crippen molar-refractivity contribution in [3.05, 3.63) is 48.2 Å². The molecule has 2 heterocycles. The quantitative estimate of drug-likeness (QED) is 0.561. The lowest BCUT2D eigenvalue weighted by atomic mass is 10.2. The Kier molecular flexibility index (Phi) is 6.09. The van der Waals surface area contributed by atoms with Gasteiger partial charge in [-0.2, -0.15) is 0 Å². The van der Waals surface area contributed by atoms with Gasteiger partial charge in [-0.25, -0.2) is 17.7 Å². The van der Waals surface area contributed by atoms with E-state index < -0.39 is 10.0 Å². The van der Waals surface area contributed by atoms with Crippen LogP contribution in [0.3, 0.4) is 0 Å². The summed E-state index contributed by atoms with van der Waals surface area (Å²) >= 11 is 0. The van der Waals surface area contributed by atoms with E-state index in [0.717, 1.165) is 17.1 Å². The zero-order valence-corrected chi connectivity index (χ0v) is 17.9. The SMILES string of the molecule is CCn1c(CCC(=O)N(C)Cc2ccco2)nc2cc(S(=O)(=O)N(C)C)ccc21. The van der Waals surface area contributed by atoms with Gasteiger partial charge in [-0.05, 0) is 37.3 Å². The third-order valence-electron chi connectivity index (χ3n) is 4.85. The van der Waals surface area contributed by atoms with Crippen LogP contribution in [0.25, 0.3) is 11.0 Å². The van der Waals surface area contributed by atoms with Crippen molar-refractivity contribution in [2.45, 2.75) is 37.8 Å². The molecule has 0 aliphatic heterocycles. The third kappa shape index (κ3) is 4.35. The van der Waals surface area contributed by atoms with Crippen LogP contribution < -0.4 is 0 Å². The number of hydrogen-bond donors (Lipinski definition) is 0. The highest BCUT2D eigenvalue weighted by Gasteiger charge is 2.20. The molecule has 0 spiro atoms. The van der Waals surface area contributed by atoms with Gasteiger partial charge in [0.25, 0.3) is 0 Å². The molecule has 0 saturated heterocycles. The van der Waals surface area contributed by atoms with E-state index in [1.165, 1.54) is 18.4 Å². The highest BCUT2D eigenvalue weighted by molar-refractivity contribution is 7.89. The van der Waals surface area contributed by atoms with Gasteiger partial charge in [-0.1, -0.05) is 0 Å². The number of aryl methyl sites for hydroxylation is 2. The molecule has 156 valence electrons. The minimum Gasteiger partial charge on any atom is -0.467 e. The van der Waals surface area contributed by atoms with E-state index in [1.807, 2.05) is 17.6 Å². The van der Waals surface area contributed by atoms with Gasteiger partial charge in [0.2, 0.25) is 15.9 Å². The van der Waals surface area contributed by atoms with Crippen molar-refractivity contribution in [2.75, 3.05) is 21.1 Å². The van der Waals surface area contributed by atoms with Gasteiger partial charge in [0.05, 0.1) is 28.7 Å². The van der Waals surface area contributed by atoms with Crippen LogP contribution in [0, 0.1) is 0 Å². The molecule has 2 aromatic heterocycles. The van der Waals surface area contributed by atoms with Gasteiger partial charge in [0, 0.05) is 40.5 Å². The maximum absolute atomic E-state index is 12.5. The number of fused-ring (bicyclic) bond motifs is 1. The third-order valence-corrected chi connectivity index (χ3v) is 6.67. The van der Waals surface area contributed by atoms with Crippen LogP contribution in [0.4, 0.5) is 0 Å². The van der Waals surface area contributed by atoms with Crippen LogP contribution in [0.1, 0.15) is 24.9 Å². The summed E-state index contributed by atoms with van der Waals surface area (Å²) < 4.78 is 33.3. The van der Waals surface area contributed by atoms with Crippen molar-refractivity contribution in [3.63, 3.8) is 0 Å². The Hall–Kier alpha value is -2.65. The van der Waals surface area contributed by atoms with Gasteiger partial charge in [0.1, 0.15) is 11.6 Å². The Labute approximate surface area is 170 Å². The molecule has 0 bridgehead atoms. The van der Waals surface area contributed by atoms with Crippen molar-refractivity contribution in [3.8, 4) is 0 Å². The minimum absolute atomic E-state index is 0.00742. The summed E-state index contributed by atoms with van der Waals surface area (Å²) in [6.07, 6.45) is 2.37. The molecule has 0 N–H and O–H groups in total. The molecule has 0 unspecified atom stereocenters. The summed E-state index contributed by atoms with van der Waals surface area (Å²) in [7, 11) is 1.22. The van der Waals surface area contributed by atoms with Gasteiger partial charge in [-0.15, -0.1) is 0 Å². The lowest BCUT2D eigenvalue weighted by Gasteiger charge is -2.15. The largest absolute Gasteiger partial charge is 0.467 e. The average Bonchev–Trinajstić information content (AvgIpc) is 3.31. The zero-order chi connectivity index (χ0) is 21.2. The molecule has 0 aliphatic rings. The molecular weight excluding hydrogens is 392 g/mol. The maximum Gasteiger partial charge on any atom is 0.242 e. The molecular formula is C20H26N4O4S. The predicted octanol–water partition coefficient (Wildman–Crippen LogP) is 2.49. The Morgan fingerprint density at radius 2 is 1.97 bits per heavy atom. The lowest BCUT2D eigenvalue weighted by Crippen LogP contribution is -2.26. The van der Waals surface area contributed by atoms with E-state index in [-0.39, 0.29) is 10.8 Å². The first-order valence-corrected chi connectivity index (χ1v) is 10.9. The van der Waals surface area contributed by atoms with Crippen LogP contribution in [0.15, 0.2) is 45.9 Å². The molecule has 0 atom stereocenters. The van der Waals surface area contributed by atoms with Crippen molar-refractivity contribution in [1.82, 2.24) is 18.8 Å². The van der Waals surface area contributed by atoms with E-state index in [4.69, 9.17) is 4.42 Å². The number of rotatable bonds is 8. The van der Waals surface area contributed by atoms with Gasteiger partial charge < -0.3 is 13.9 Å². The Balaban J connectivity index is 1.79. The Bertz CT molecular complexity index is 1100. The fraction of sp³-hybridized carbons (Fsp3) is 0.400. The molecule has 29 heavy (non-hydrogen) atoms. The first kappa shape index (κ1) is 21.1. The number of amides is 1. The number of nitrogens with zero attached hydrogens (tertiary/aromatic N) is 4. The number of aromatic nitrogens is 2. The number of benzene rings is 1. The minimum atomic E-state index is -3.53. The van der Waals surface area contributed by atoms with Crippen molar-refractivity contribution >= 4 is 27.0 Å². The number of sulfonamides is 1. The highest BCUT2D eigenvalue weighted by Crippen LogP contribution is 2.23. The lowest BCUT2D eigenvalue weighted by molar-refractivity contribution is -0.130. The van der Waals surface area contributed by atoms with Crippen LogP contribution in [0.5, 0.6) is 0 Å². The summed E-state index contributed by atoms with van der Waals surface area (Å²) in [6, 6.07) is 8.58. The second-order valence-electron chi connectivity index (χ2n) is 7.04. The van der Waals surface area contributed by atoms with Crippen molar-refractivity contribution in [1.29, 1.82) is 0 Å². The normalized spacial score (nSPS) is 12.0. The van der Waals surface area contributed by atoms with Crippen molar-refractivity contribution < 1.29 is 17.6 Å². The number of furan rings is 1. The predicted molar refractivity (Wildman–Crippen MR) is 110 cm³/mol. The van der Waals surface area contributed by atoms with Gasteiger partial charge in [-0.3, -0.25) is 4.79 Å². The van der Waals surface area contributed by atoms with Crippen molar-refractivity contribution in [2.24, 2.45) is 0 Å². The summed E-state index contributed by atoms with van der Waals surface area (Å²) in [5.41, 5.74) is 1.47. The first-order chi connectivity index (χ1) is 13.7. The van der Waals surface area contributed by atoms with Crippen LogP contribution in [-0.2, 0) is 34.3 Å². The molecule has 3 rings (SSSR count). The fourth-order valence-corrected chi connectivity index (χ4v) is 4.13. The highest BCUT2D eigenvalue weighted by atomic mass is 32.2. The van der Waals surface area contributed by atoms with Crippen LogP contribution in [0.2, 0.25) is 0 Å². The van der Waals surface area contributed by atoms with E-state index in [9.17, 15) is 13.2 Å². The summed E-state index contributed by atoms with van der Waals surface area (Å²) in [5, 5.41) is 0. The standard InChI is InChI=1S/C20H26N4O4S/c1-5-24-18-9-8-16(29(26,27)22(2)3)13-17(18)21-19(24)10-11-20(25)23(4)14-15-7-6-12-28-15/h6-9,12-13H,5,10-11,14H2,1-4H3. The molecule has 8 nitrogen and oxygen atoms in total. The molecule has 1 aromatic carbocycles. The zero-order valence-electron chi connectivity index (χ0n) is 17.1. The number of imidazole rings is 1. The van der Waals surface area contributed by atoms with E-state index in [2.05, 4.69) is 4.98 Å². The van der Waals surface area contributed by atoms with Crippen LogP contribution in [-0.4, -0.2) is 54.2 Å². The van der Waals surface area contributed by atoms with Gasteiger partial charge in [0.15, 0.2) is 0 Å². The molecule has 3 aromatic rings. The topological polar surface area (TPSA) is 88.6 Å². The molecule has 9 heteroatoms. The van der Waals surface area contributed by atoms with Gasteiger partial charge >= 0.3 is 0 Å². The molecule has 1 amide bonds. The first-order valence-electron chi connectivity index (χ1n) is 9.42. The van der Waals surface area contributed by atoms with E-state index in [1.54, 1.807) is 42.5 Å².